The lowest BCUT2D eigenvalue weighted by atomic mass is 9.54. The van der Waals surface area contributed by atoms with Gasteiger partial charge in [0.2, 0.25) is 5.91 Å². The summed E-state index contributed by atoms with van der Waals surface area (Å²) in [5.74, 6) is 3.16. The molecular formula is C24H31FN6O. The lowest BCUT2D eigenvalue weighted by Crippen LogP contribution is -2.59. The summed E-state index contributed by atoms with van der Waals surface area (Å²) in [7, 11) is 0. The number of benzene rings is 1. The largest absolute Gasteiger partial charge is 0.354 e. The molecule has 7 rings (SSSR count). The number of halogens is 1. The van der Waals surface area contributed by atoms with Gasteiger partial charge in [0.25, 0.3) is 0 Å². The van der Waals surface area contributed by atoms with E-state index in [1.165, 1.54) is 44.2 Å². The Morgan fingerprint density at radius 3 is 2.41 bits per heavy atom. The third-order valence-electron chi connectivity index (χ3n) is 8.54. The van der Waals surface area contributed by atoms with Gasteiger partial charge in [0.05, 0.1) is 12.1 Å². The van der Waals surface area contributed by atoms with Crippen molar-refractivity contribution >= 4 is 5.91 Å². The minimum Gasteiger partial charge on any atom is -0.354 e. The fourth-order valence-corrected chi connectivity index (χ4v) is 7.49. The van der Waals surface area contributed by atoms with Gasteiger partial charge in [-0.25, -0.2) is 9.07 Å². The number of hydrogen-bond donors (Lipinski definition) is 1. The molecule has 5 fully saturated rings. The molecule has 0 unspecified atom stereocenters. The van der Waals surface area contributed by atoms with E-state index in [0.29, 0.717) is 19.0 Å². The van der Waals surface area contributed by atoms with E-state index < -0.39 is 0 Å². The minimum atomic E-state index is -0.233. The average Bonchev–Trinajstić information content (AvgIpc) is 3.45. The maximum Gasteiger partial charge on any atom is 0.237 e. The summed E-state index contributed by atoms with van der Waals surface area (Å²) in [6, 6.07) is 7.02. The number of hydrogen-bond acceptors (Lipinski definition) is 5. The molecule has 2 aromatic rings. The fourth-order valence-electron chi connectivity index (χ4n) is 7.49. The van der Waals surface area contributed by atoms with Crippen LogP contribution in [0.1, 0.15) is 50.1 Å². The van der Waals surface area contributed by atoms with E-state index in [0.717, 1.165) is 42.2 Å². The zero-order chi connectivity index (χ0) is 21.7. The van der Waals surface area contributed by atoms with Gasteiger partial charge in [-0.2, -0.15) is 0 Å². The van der Waals surface area contributed by atoms with Crippen molar-refractivity contribution in [3.63, 3.8) is 0 Å². The standard InChI is InChI=1S/C24H31FN6O/c25-20-3-1-15(2-4-20)5-6-26-24(32)22-12-21(31-14-27-28-29-31)13-30(22)23-18-8-16-7-17(10-18)11-19(23)9-16/h1-4,14,16-19,21-23H,5-13H2,(H,26,32)/t16?,17?,18?,19?,21-,22+,23?/m1/s1. The van der Waals surface area contributed by atoms with Gasteiger partial charge in [0.1, 0.15) is 12.1 Å². The summed E-state index contributed by atoms with van der Waals surface area (Å²) in [5.41, 5.74) is 1.03. The third-order valence-corrected chi connectivity index (χ3v) is 8.54. The van der Waals surface area contributed by atoms with Gasteiger partial charge in [-0.1, -0.05) is 12.1 Å². The smallest absolute Gasteiger partial charge is 0.237 e. The number of rotatable bonds is 6. The fraction of sp³-hybridized carbons (Fsp3) is 0.667. The molecule has 1 N–H and O–H groups in total. The van der Waals surface area contributed by atoms with Crippen molar-refractivity contribution in [3.05, 3.63) is 42.0 Å². The SMILES string of the molecule is O=C(NCCc1ccc(F)cc1)[C@@H]1C[C@@H](n2cnnn2)CN1C1C2CC3CC(C2)CC1C3. The van der Waals surface area contributed by atoms with Crippen molar-refractivity contribution in [3.8, 4) is 0 Å². The molecule has 2 heterocycles. The molecule has 0 radical (unpaired) electrons. The number of likely N-dealkylation sites (tertiary alicyclic amines) is 1. The molecule has 0 spiro atoms. The Kier molecular flexibility index (Phi) is 5.20. The van der Waals surface area contributed by atoms with Gasteiger partial charge in [-0.3, -0.25) is 9.69 Å². The number of carbonyl (C=O) groups is 1. The predicted molar refractivity (Wildman–Crippen MR) is 116 cm³/mol. The zero-order valence-corrected chi connectivity index (χ0v) is 18.3. The second-order valence-corrected chi connectivity index (χ2v) is 10.5. The maximum atomic E-state index is 13.4. The minimum absolute atomic E-state index is 0.108. The van der Waals surface area contributed by atoms with Crippen LogP contribution in [0.15, 0.2) is 30.6 Å². The topological polar surface area (TPSA) is 75.9 Å². The van der Waals surface area contributed by atoms with E-state index in [1.54, 1.807) is 18.5 Å². The molecule has 4 aliphatic carbocycles. The number of aromatic nitrogens is 4. The van der Waals surface area contributed by atoms with E-state index in [2.05, 4.69) is 25.7 Å². The van der Waals surface area contributed by atoms with Crippen LogP contribution in [-0.4, -0.2) is 56.2 Å². The van der Waals surface area contributed by atoms with E-state index in [1.807, 2.05) is 4.68 Å². The van der Waals surface area contributed by atoms with Gasteiger partial charge in [0, 0.05) is 19.1 Å². The van der Waals surface area contributed by atoms with Crippen LogP contribution in [-0.2, 0) is 11.2 Å². The molecule has 2 atom stereocenters. The highest BCUT2D eigenvalue weighted by atomic mass is 19.1. The number of nitrogens with one attached hydrogen (secondary N) is 1. The van der Waals surface area contributed by atoms with Crippen molar-refractivity contribution in [1.82, 2.24) is 30.4 Å². The number of tetrazole rings is 1. The first kappa shape index (κ1) is 20.3. The molecule has 1 aliphatic heterocycles. The van der Waals surface area contributed by atoms with Crippen LogP contribution in [0.5, 0.6) is 0 Å². The molecular weight excluding hydrogens is 407 g/mol. The Hall–Kier alpha value is -2.35. The van der Waals surface area contributed by atoms with Gasteiger partial charge in [0.15, 0.2) is 0 Å². The van der Waals surface area contributed by atoms with Crippen molar-refractivity contribution in [2.24, 2.45) is 23.7 Å². The van der Waals surface area contributed by atoms with Crippen molar-refractivity contribution in [2.45, 2.75) is 63.1 Å². The van der Waals surface area contributed by atoms with Gasteiger partial charge >= 0.3 is 0 Å². The Balaban J connectivity index is 1.17. The lowest BCUT2D eigenvalue weighted by Gasteiger charge is -2.57. The molecule has 4 bridgehead atoms. The summed E-state index contributed by atoms with van der Waals surface area (Å²) in [6.45, 7) is 1.40. The summed E-state index contributed by atoms with van der Waals surface area (Å²) in [4.78, 5) is 15.9. The lowest BCUT2D eigenvalue weighted by molar-refractivity contribution is -0.130. The summed E-state index contributed by atoms with van der Waals surface area (Å²) >= 11 is 0. The molecule has 32 heavy (non-hydrogen) atoms. The van der Waals surface area contributed by atoms with E-state index in [4.69, 9.17) is 0 Å². The van der Waals surface area contributed by atoms with Gasteiger partial charge in [-0.15, -0.1) is 5.10 Å². The Morgan fingerprint density at radius 1 is 1.03 bits per heavy atom. The van der Waals surface area contributed by atoms with Crippen molar-refractivity contribution < 1.29 is 9.18 Å². The number of carbonyl (C=O) groups excluding carboxylic acids is 1. The molecule has 8 heteroatoms. The first-order valence-electron chi connectivity index (χ1n) is 12.1. The van der Waals surface area contributed by atoms with Crippen LogP contribution < -0.4 is 5.32 Å². The van der Waals surface area contributed by atoms with Crippen LogP contribution in [0.3, 0.4) is 0 Å². The highest BCUT2D eigenvalue weighted by molar-refractivity contribution is 5.82. The summed E-state index contributed by atoms with van der Waals surface area (Å²) < 4.78 is 15.0. The Labute approximate surface area is 187 Å². The Morgan fingerprint density at radius 2 is 1.75 bits per heavy atom. The highest BCUT2D eigenvalue weighted by Gasteiger charge is 2.53. The monoisotopic (exact) mass is 438 g/mol. The molecule has 1 amide bonds. The van der Waals surface area contributed by atoms with Gasteiger partial charge in [-0.05, 0) is 96.7 Å². The van der Waals surface area contributed by atoms with E-state index in [-0.39, 0.29) is 23.8 Å². The first-order chi connectivity index (χ1) is 15.6. The first-order valence-corrected chi connectivity index (χ1v) is 12.1. The number of nitrogens with zero attached hydrogens (tertiary/aromatic N) is 5. The average molecular weight is 439 g/mol. The van der Waals surface area contributed by atoms with Crippen LogP contribution in [0, 0.1) is 29.5 Å². The normalized spacial score (nSPS) is 36.0. The molecule has 5 aliphatic rings. The molecule has 170 valence electrons. The van der Waals surface area contributed by atoms with E-state index in [9.17, 15) is 9.18 Å². The zero-order valence-electron chi connectivity index (χ0n) is 18.3. The summed E-state index contributed by atoms with van der Waals surface area (Å²) in [6.07, 6.45) is 9.90. The predicted octanol–water partition coefficient (Wildman–Crippen LogP) is 2.61. The quantitative estimate of drug-likeness (QED) is 0.750. The van der Waals surface area contributed by atoms with E-state index >= 15 is 0 Å². The van der Waals surface area contributed by atoms with Crippen LogP contribution in [0.2, 0.25) is 0 Å². The molecule has 1 aromatic carbocycles. The number of amides is 1. The second kappa shape index (κ2) is 8.21. The van der Waals surface area contributed by atoms with Crippen molar-refractivity contribution in [1.29, 1.82) is 0 Å². The molecule has 1 saturated heterocycles. The van der Waals surface area contributed by atoms with Gasteiger partial charge < -0.3 is 5.32 Å². The van der Waals surface area contributed by atoms with Crippen LogP contribution in [0.4, 0.5) is 4.39 Å². The second-order valence-electron chi connectivity index (χ2n) is 10.5. The third kappa shape index (κ3) is 3.72. The highest BCUT2D eigenvalue weighted by Crippen LogP contribution is 2.56. The molecule has 1 aromatic heterocycles. The van der Waals surface area contributed by atoms with Crippen LogP contribution >= 0.6 is 0 Å². The maximum absolute atomic E-state index is 13.4. The summed E-state index contributed by atoms with van der Waals surface area (Å²) in [5, 5.41) is 15.0. The van der Waals surface area contributed by atoms with Crippen molar-refractivity contribution in [2.75, 3.05) is 13.1 Å². The molecule has 4 saturated carbocycles. The van der Waals surface area contributed by atoms with Crippen LogP contribution in [0.25, 0.3) is 0 Å². The molecule has 7 nitrogen and oxygen atoms in total. The Bertz CT molecular complexity index is 920.